The van der Waals surface area contributed by atoms with Crippen molar-refractivity contribution in [3.05, 3.63) is 29.8 Å². The summed E-state index contributed by atoms with van der Waals surface area (Å²) in [5.41, 5.74) is -0.00481. The van der Waals surface area contributed by atoms with Gasteiger partial charge in [-0.3, -0.25) is 9.69 Å². The van der Waals surface area contributed by atoms with Gasteiger partial charge in [0.15, 0.2) is 0 Å². The molecule has 0 spiro atoms. The monoisotopic (exact) mass is 355 g/mol. The fraction of sp³-hybridized carbons (Fsp3) is 0.529. The van der Waals surface area contributed by atoms with E-state index < -0.39 is 11.9 Å². The molecule has 0 unspecified atom stereocenters. The highest BCUT2D eigenvalue weighted by Crippen LogP contribution is 2.28. The van der Waals surface area contributed by atoms with Crippen LogP contribution < -0.4 is 10.1 Å². The van der Waals surface area contributed by atoms with E-state index in [4.69, 9.17) is 0 Å². The number of amides is 1. The highest BCUT2D eigenvalue weighted by molar-refractivity contribution is 5.79. The van der Waals surface area contributed by atoms with E-state index in [1.165, 1.54) is 24.3 Å². The molecule has 1 fully saturated rings. The molecule has 0 aromatic heterocycles. The highest BCUT2D eigenvalue weighted by Gasteiger charge is 2.35. The van der Waals surface area contributed by atoms with Gasteiger partial charge >= 0.3 is 6.36 Å². The number of hydrogen-bond acceptors (Lipinski definition) is 4. The fourth-order valence-corrected chi connectivity index (χ4v) is 2.96. The number of likely N-dealkylation sites (N-methyl/N-ethyl adjacent to an activating group) is 1. The van der Waals surface area contributed by atoms with E-state index in [0.29, 0.717) is 19.4 Å². The molecule has 0 heterocycles. The molecular weight excluding hydrogens is 335 g/mol. The Hall–Kier alpha value is -2.27. The van der Waals surface area contributed by atoms with Crippen LogP contribution in [0.5, 0.6) is 5.75 Å². The zero-order valence-corrected chi connectivity index (χ0v) is 13.9. The number of ether oxygens (including phenoxy) is 1. The van der Waals surface area contributed by atoms with Gasteiger partial charge in [0.05, 0.1) is 12.6 Å². The Morgan fingerprint density at radius 3 is 2.44 bits per heavy atom. The van der Waals surface area contributed by atoms with Crippen LogP contribution in [0, 0.1) is 11.3 Å². The number of hydrogen-bond donors (Lipinski definition) is 1. The smallest absolute Gasteiger partial charge is 0.406 e. The molecule has 1 amide bonds. The van der Waals surface area contributed by atoms with E-state index in [9.17, 15) is 23.2 Å². The lowest BCUT2D eigenvalue weighted by atomic mass is 10.00. The van der Waals surface area contributed by atoms with Crippen LogP contribution in [0.15, 0.2) is 24.3 Å². The van der Waals surface area contributed by atoms with Crippen LogP contribution in [0.1, 0.15) is 31.2 Å². The molecule has 1 aliphatic rings. The van der Waals surface area contributed by atoms with Crippen molar-refractivity contribution in [3.63, 3.8) is 0 Å². The second-order valence-corrected chi connectivity index (χ2v) is 6.31. The first-order chi connectivity index (χ1) is 11.7. The SMILES string of the molecule is CN(CC(=O)NC1(C#N)CCCC1)Cc1ccc(OC(F)(F)F)cc1. The van der Waals surface area contributed by atoms with Crippen LogP contribution >= 0.6 is 0 Å². The third-order valence-electron chi connectivity index (χ3n) is 4.07. The Labute approximate surface area is 144 Å². The lowest BCUT2D eigenvalue weighted by Gasteiger charge is -2.24. The molecule has 1 aromatic rings. The molecule has 5 nitrogen and oxygen atoms in total. The van der Waals surface area contributed by atoms with Gasteiger partial charge in [0.2, 0.25) is 5.91 Å². The number of carbonyl (C=O) groups excluding carboxylic acids is 1. The average molecular weight is 355 g/mol. The largest absolute Gasteiger partial charge is 0.573 e. The van der Waals surface area contributed by atoms with Crippen molar-refractivity contribution >= 4 is 5.91 Å². The molecular formula is C17H20F3N3O2. The second kappa shape index (κ2) is 7.74. The van der Waals surface area contributed by atoms with E-state index in [2.05, 4.69) is 16.1 Å². The average Bonchev–Trinajstić information content (AvgIpc) is 2.96. The Balaban J connectivity index is 1.84. The maximum absolute atomic E-state index is 12.1. The normalized spacial score (nSPS) is 16.5. The Kier molecular flexibility index (Phi) is 5.90. The van der Waals surface area contributed by atoms with E-state index in [-0.39, 0.29) is 18.2 Å². The molecule has 25 heavy (non-hydrogen) atoms. The van der Waals surface area contributed by atoms with Crippen molar-refractivity contribution in [2.45, 2.75) is 44.1 Å². The van der Waals surface area contributed by atoms with Crippen molar-refractivity contribution in [1.29, 1.82) is 5.26 Å². The van der Waals surface area contributed by atoms with Gasteiger partial charge in [-0.2, -0.15) is 5.26 Å². The zero-order chi connectivity index (χ0) is 18.5. The number of nitriles is 1. The molecule has 8 heteroatoms. The number of rotatable bonds is 6. The lowest BCUT2D eigenvalue weighted by molar-refractivity contribution is -0.274. The number of alkyl halides is 3. The maximum Gasteiger partial charge on any atom is 0.573 e. The number of halogens is 3. The quantitative estimate of drug-likeness (QED) is 0.852. The molecule has 0 atom stereocenters. The summed E-state index contributed by atoms with van der Waals surface area (Å²) in [6.45, 7) is 0.490. The zero-order valence-electron chi connectivity index (χ0n) is 13.9. The van der Waals surface area contributed by atoms with Gasteiger partial charge in [0.25, 0.3) is 0 Å². The van der Waals surface area contributed by atoms with Crippen molar-refractivity contribution in [2.24, 2.45) is 0 Å². The minimum Gasteiger partial charge on any atom is -0.406 e. The summed E-state index contributed by atoms with van der Waals surface area (Å²) in [5.74, 6) is -0.517. The fourth-order valence-electron chi connectivity index (χ4n) is 2.96. The van der Waals surface area contributed by atoms with Crippen molar-refractivity contribution < 1.29 is 22.7 Å². The lowest BCUT2D eigenvalue weighted by Crippen LogP contribution is -2.48. The number of nitrogens with zero attached hydrogens (tertiary/aromatic N) is 2. The summed E-state index contributed by atoms with van der Waals surface area (Å²) in [6, 6.07) is 7.71. The first kappa shape index (κ1) is 19.1. The summed E-state index contributed by atoms with van der Waals surface area (Å²) in [7, 11) is 1.73. The standard InChI is InChI=1S/C17H20F3N3O2/c1-23(11-15(24)22-16(12-21)8-2-3-9-16)10-13-4-6-14(7-5-13)25-17(18,19)20/h4-7H,2-3,8-11H2,1H3,(H,22,24). The van der Waals surface area contributed by atoms with Crippen molar-refractivity contribution in [2.75, 3.05) is 13.6 Å². The maximum atomic E-state index is 12.1. The minimum absolute atomic E-state index is 0.101. The third kappa shape index (κ3) is 5.94. The number of nitrogens with one attached hydrogen (secondary N) is 1. The minimum atomic E-state index is -4.71. The topological polar surface area (TPSA) is 65.4 Å². The number of carbonyl (C=O) groups is 1. The van der Waals surface area contributed by atoms with Crippen LogP contribution in [-0.4, -0.2) is 36.3 Å². The van der Waals surface area contributed by atoms with Gasteiger partial charge < -0.3 is 10.1 Å². The van der Waals surface area contributed by atoms with E-state index in [1.807, 2.05) is 0 Å². The van der Waals surface area contributed by atoms with Crippen molar-refractivity contribution in [3.8, 4) is 11.8 Å². The Morgan fingerprint density at radius 2 is 1.92 bits per heavy atom. The molecule has 1 aromatic carbocycles. The van der Waals surface area contributed by atoms with Gasteiger partial charge in [-0.05, 0) is 50.4 Å². The summed E-state index contributed by atoms with van der Waals surface area (Å²) in [6.07, 6.45) is -1.53. The molecule has 0 bridgehead atoms. The third-order valence-corrected chi connectivity index (χ3v) is 4.07. The van der Waals surface area contributed by atoms with Crippen LogP contribution in [0.25, 0.3) is 0 Å². The van der Waals surface area contributed by atoms with Crippen LogP contribution in [0.3, 0.4) is 0 Å². The predicted octanol–water partition coefficient (Wildman–Crippen LogP) is 2.97. The van der Waals surface area contributed by atoms with E-state index >= 15 is 0 Å². The molecule has 0 saturated heterocycles. The van der Waals surface area contributed by atoms with Gasteiger partial charge in [0, 0.05) is 6.54 Å². The predicted molar refractivity (Wildman–Crippen MR) is 84.4 cm³/mol. The van der Waals surface area contributed by atoms with Crippen LogP contribution in [0.2, 0.25) is 0 Å². The summed E-state index contributed by atoms with van der Waals surface area (Å²) in [5, 5.41) is 12.1. The van der Waals surface area contributed by atoms with Crippen LogP contribution in [0.4, 0.5) is 13.2 Å². The van der Waals surface area contributed by atoms with E-state index in [1.54, 1.807) is 11.9 Å². The Morgan fingerprint density at radius 1 is 1.32 bits per heavy atom. The number of benzene rings is 1. The highest BCUT2D eigenvalue weighted by atomic mass is 19.4. The molecule has 1 N–H and O–H groups in total. The molecule has 136 valence electrons. The molecule has 1 aliphatic carbocycles. The molecule has 1 saturated carbocycles. The summed E-state index contributed by atoms with van der Waals surface area (Å²) in [4.78, 5) is 13.9. The van der Waals surface area contributed by atoms with Gasteiger partial charge in [-0.25, -0.2) is 0 Å². The van der Waals surface area contributed by atoms with Crippen LogP contribution in [-0.2, 0) is 11.3 Å². The Bertz CT molecular complexity index is 632. The summed E-state index contributed by atoms with van der Waals surface area (Å²) >= 11 is 0. The first-order valence-electron chi connectivity index (χ1n) is 7.97. The first-order valence-corrected chi connectivity index (χ1v) is 7.97. The van der Waals surface area contributed by atoms with E-state index in [0.717, 1.165) is 18.4 Å². The summed E-state index contributed by atoms with van der Waals surface area (Å²) < 4.78 is 40.2. The molecule has 2 rings (SSSR count). The van der Waals surface area contributed by atoms with Crippen molar-refractivity contribution in [1.82, 2.24) is 10.2 Å². The molecule has 0 radical (unpaired) electrons. The molecule has 0 aliphatic heterocycles. The van der Waals surface area contributed by atoms with Gasteiger partial charge in [-0.1, -0.05) is 12.1 Å². The second-order valence-electron chi connectivity index (χ2n) is 6.31. The van der Waals surface area contributed by atoms with Gasteiger partial charge in [0.1, 0.15) is 11.3 Å². The van der Waals surface area contributed by atoms with Gasteiger partial charge in [-0.15, -0.1) is 13.2 Å².